The van der Waals surface area contributed by atoms with Crippen LogP contribution in [0.1, 0.15) is 36.1 Å². The van der Waals surface area contributed by atoms with E-state index in [1.807, 2.05) is 82.3 Å². The highest BCUT2D eigenvalue weighted by Gasteiger charge is 2.35. The highest BCUT2D eigenvalue weighted by atomic mass is 79.9. The van der Waals surface area contributed by atoms with Crippen molar-refractivity contribution in [1.82, 2.24) is 10.2 Å². The number of halogens is 1. The molecule has 0 radical (unpaired) electrons. The molecule has 0 aromatic heterocycles. The molecule has 230 valence electrons. The lowest BCUT2D eigenvalue weighted by molar-refractivity contribution is -0.140. The third-order valence-electron chi connectivity index (χ3n) is 7.29. The maximum Gasteiger partial charge on any atom is 0.264 e. The number of hydrogen-bond donors (Lipinski definition) is 1. The Kier molecular flexibility index (Phi) is 11.0. The van der Waals surface area contributed by atoms with E-state index in [0.29, 0.717) is 10.2 Å². The Morgan fingerprint density at radius 1 is 0.841 bits per heavy atom. The van der Waals surface area contributed by atoms with Crippen LogP contribution in [0.3, 0.4) is 0 Å². The Balaban J connectivity index is 1.82. The summed E-state index contributed by atoms with van der Waals surface area (Å²) in [5.41, 5.74) is 3.96. The van der Waals surface area contributed by atoms with Crippen LogP contribution in [0.5, 0.6) is 0 Å². The van der Waals surface area contributed by atoms with Crippen molar-refractivity contribution in [2.24, 2.45) is 0 Å². The average molecular weight is 677 g/mol. The quantitative estimate of drug-likeness (QED) is 0.188. The summed E-state index contributed by atoms with van der Waals surface area (Å²) >= 11 is 3.44. The van der Waals surface area contributed by atoms with Gasteiger partial charge in [-0.3, -0.25) is 13.9 Å². The van der Waals surface area contributed by atoms with Gasteiger partial charge in [-0.1, -0.05) is 94.3 Å². The molecular formula is C35H38BrN3O4S. The zero-order chi connectivity index (χ0) is 31.9. The van der Waals surface area contributed by atoms with Crippen LogP contribution in [0.15, 0.2) is 112 Å². The van der Waals surface area contributed by atoms with Crippen molar-refractivity contribution in [3.8, 4) is 0 Å². The third-order valence-corrected chi connectivity index (χ3v) is 9.57. The predicted octanol–water partition coefficient (Wildman–Crippen LogP) is 6.43. The second-order valence-electron chi connectivity index (χ2n) is 11.1. The fraction of sp³-hybridized carbons (Fsp3) is 0.257. The number of aryl methyl sites for hydroxylation is 2. The molecule has 0 spiro atoms. The van der Waals surface area contributed by atoms with Gasteiger partial charge in [-0.25, -0.2) is 8.42 Å². The minimum atomic E-state index is -4.16. The van der Waals surface area contributed by atoms with E-state index in [1.54, 1.807) is 48.5 Å². The van der Waals surface area contributed by atoms with Crippen molar-refractivity contribution in [3.63, 3.8) is 0 Å². The predicted molar refractivity (Wildman–Crippen MR) is 179 cm³/mol. The van der Waals surface area contributed by atoms with Gasteiger partial charge in [-0.15, -0.1) is 0 Å². The molecule has 4 rings (SSSR count). The molecule has 0 saturated carbocycles. The van der Waals surface area contributed by atoms with Crippen LogP contribution in [-0.2, 0) is 32.6 Å². The van der Waals surface area contributed by atoms with Crippen molar-refractivity contribution in [2.45, 2.75) is 57.6 Å². The van der Waals surface area contributed by atoms with Gasteiger partial charge in [0, 0.05) is 23.5 Å². The summed E-state index contributed by atoms with van der Waals surface area (Å²) in [7, 11) is -4.16. The average Bonchev–Trinajstić information content (AvgIpc) is 2.98. The summed E-state index contributed by atoms with van der Waals surface area (Å²) in [4.78, 5) is 29.9. The van der Waals surface area contributed by atoms with Crippen molar-refractivity contribution in [1.29, 1.82) is 0 Å². The van der Waals surface area contributed by atoms with Gasteiger partial charge in [-0.2, -0.15) is 0 Å². The Morgan fingerprint density at radius 3 is 2.14 bits per heavy atom. The summed E-state index contributed by atoms with van der Waals surface area (Å²) in [6, 6.07) is 29.5. The summed E-state index contributed by atoms with van der Waals surface area (Å²) in [5.74, 6) is -0.801. The van der Waals surface area contributed by atoms with E-state index >= 15 is 0 Å². The van der Waals surface area contributed by atoms with Gasteiger partial charge in [0.05, 0.1) is 10.6 Å². The van der Waals surface area contributed by atoms with Crippen LogP contribution in [0, 0.1) is 13.8 Å². The minimum Gasteiger partial charge on any atom is -0.352 e. The van der Waals surface area contributed by atoms with Gasteiger partial charge in [-0.05, 0) is 74.7 Å². The number of benzene rings is 4. The number of nitrogens with zero attached hydrogens (tertiary/aromatic N) is 2. The molecule has 4 aromatic rings. The molecule has 9 heteroatoms. The molecule has 1 atom stereocenters. The number of carbonyl (C=O) groups is 2. The van der Waals surface area contributed by atoms with Crippen LogP contribution in [0.4, 0.5) is 5.69 Å². The monoisotopic (exact) mass is 675 g/mol. The fourth-order valence-electron chi connectivity index (χ4n) is 4.90. The third kappa shape index (κ3) is 8.36. The first-order valence-electron chi connectivity index (χ1n) is 14.5. The normalized spacial score (nSPS) is 12.0. The Bertz CT molecular complexity index is 1690. The number of anilines is 1. The van der Waals surface area contributed by atoms with E-state index in [2.05, 4.69) is 21.2 Å². The van der Waals surface area contributed by atoms with Crippen LogP contribution < -0.4 is 9.62 Å². The van der Waals surface area contributed by atoms with Gasteiger partial charge in [0.1, 0.15) is 12.6 Å². The molecule has 0 aliphatic heterocycles. The zero-order valence-corrected chi connectivity index (χ0v) is 27.8. The molecule has 0 aliphatic carbocycles. The summed E-state index contributed by atoms with van der Waals surface area (Å²) in [6.45, 7) is 7.20. The maximum atomic E-state index is 14.5. The molecule has 0 heterocycles. The lowest BCUT2D eigenvalue weighted by atomic mass is 10.0. The van der Waals surface area contributed by atoms with E-state index in [4.69, 9.17) is 0 Å². The van der Waals surface area contributed by atoms with E-state index in [-0.39, 0.29) is 29.8 Å². The molecule has 2 amide bonds. The number of carbonyl (C=O) groups excluding carboxylic acids is 2. The molecular weight excluding hydrogens is 638 g/mol. The first-order valence-corrected chi connectivity index (χ1v) is 16.7. The Morgan fingerprint density at radius 2 is 1.50 bits per heavy atom. The summed E-state index contributed by atoms with van der Waals surface area (Å²) in [6.07, 6.45) is 0.263. The standard InChI is InChI=1S/C35H38BrN3O4S/c1-25(2)37-35(41)33(21-28-12-6-5-7-13-28)38(23-29-14-9-8-11-27(29)4)34(40)24-39(31-16-10-15-30(36)22-31)44(42,43)32-19-17-26(3)18-20-32/h5-20,22,25,33H,21,23-24H2,1-4H3,(H,37,41)/t33-/m0/s1. The number of amides is 2. The van der Waals surface area contributed by atoms with Crippen molar-refractivity contribution < 1.29 is 18.0 Å². The molecule has 7 nitrogen and oxygen atoms in total. The number of nitrogens with one attached hydrogen (secondary N) is 1. The summed E-state index contributed by atoms with van der Waals surface area (Å²) < 4.78 is 30.0. The molecule has 0 bridgehead atoms. The molecule has 0 unspecified atom stereocenters. The summed E-state index contributed by atoms with van der Waals surface area (Å²) in [5, 5.41) is 2.98. The lowest BCUT2D eigenvalue weighted by Crippen LogP contribution is -2.54. The topological polar surface area (TPSA) is 86.8 Å². The van der Waals surface area contributed by atoms with Gasteiger partial charge in [0.25, 0.3) is 10.0 Å². The largest absolute Gasteiger partial charge is 0.352 e. The molecule has 44 heavy (non-hydrogen) atoms. The van der Waals surface area contributed by atoms with Gasteiger partial charge >= 0.3 is 0 Å². The maximum absolute atomic E-state index is 14.5. The number of rotatable bonds is 12. The zero-order valence-electron chi connectivity index (χ0n) is 25.4. The van der Waals surface area contributed by atoms with Gasteiger partial charge in [0.15, 0.2) is 0 Å². The first kappa shape index (κ1) is 33.0. The van der Waals surface area contributed by atoms with Crippen LogP contribution in [-0.4, -0.2) is 43.8 Å². The fourth-order valence-corrected chi connectivity index (χ4v) is 6.70. The van der Waals surface area contributed by atoms with Crippen molar-refractivity contribution in [3.05, 3.63) is 130 Å². The highest BCUT2D eigenvalue weighted by molar-refractivity contribution is 9.10. The molecule has 0 saturated heterocycles. The van der Waals surface area contributed by atoms with Crippen LogP contribution >= 0.6 is 15.9 Å². The highest BCUT2D eigenvalue weighted by Crippen LogP contribution is 2.28. The SMILES string of the molecule is Cc1ccc(S(=O)(=O)N(CC(=O)N(Cc2ccccc2C)[C@@H](Cc2ccccc2)C(=O)NC(C)C)c2cccc(Br)c2)cc1. The molecule has 0 aliphatic rings. The lowest BCUT2D eigenvalue weighted by Gasteiger charge is -2.34. The van der Waals surface area contributed by atoms with E-state index in [0.717, 1.165) is 26.6 Å². The second kappa shape index (κ2) is 14.7. The van der Waals surface area contributed by atoms with Crippen LogP contribution in [0.25, 0.3) is 0 Å². The smallest absolute Gasteiger partial charge is 0.264 e. The van der Waals surface area contributed by atoms with Crippen molar-refractivity contribution in [2.75, 3.05) is 10.8 Å². The first-order chi connectivity index (χ1) is 21.0. The van der Waals surface area contributed by atoms with E-state index in [9.17, 15) is 18.0 Å². The number of sulfonamides is 1. The minimum absolute atomic E-state index is 0.0692. The second-order valence-corrected chi connectivity index (χ2v) is 13.9. The van der Waals surface area contributed by atoms with Gasteiger partial charge in [0.2, 0.25) is 11.8 Å². The molecule has 0 fully saturated rings. The van der Waals surface area contributed by atoms with Crippen molar-refractivity contribution >= 4 is 43.5 Å². The van der Waals surface area contributed by atoms with Gasteiger partial charge < -0.3 is 10.2 Å². The van der Waals surface area contributed by atoms with Crippen LogP contribution in [0.2, 0.25) is 0 Å². The van der Waals surface area contributed by atoms with E-state index in [1.165, 1.54) is 4.90 Å². The Labute approximate surface area is 269 Å². The number of hydrogen-bond acceptors (Lipinski definition) is 4. The Hall–Kier alpha value is -3.95. The van der Waals surface area contributed by atoms with E-state index < -0.39 is 28.5 Å². The molecule has 1 N–H and O–H groups in total. The molecule has 4 aromatic carbocycles.